The molecular formula is C19H22N4O5. The highest BCUT2D eigenvalue weighted by molar-refractivity contribution is 6.03. The quantitative estimate of drug-likeness (QED) is 0.723. The first-order valence-electron chi connectivity index (χ1n) is 8.60. The van der Waals surface area contributed by atoms with E-state index in [4.69, 9.17) is 9.47 Å². The molecule has 0 radical (unpaired) electrons. The lowest BCUT2D eigenvalue weighted by Crippen LogP contribution is -2.33. The number of hydrogen-bond donors (Lipinski definition) is 2. The van der Waals surface area contributed by atoms with Crippen molar-refractivity contribution >= 4 is 5.71 Å². The van der Waals surface area contributed by atoms with Crippen LogP contribution < -0.4 is 20.7 Å². The second kappa shape index (κ2) is 7.63. The molecule has 9 heteroatoms. The molecule has 0 amide bonds. The van der Waals surface area contributed by atoms with E-state index in [1.807, 2.05) is 12.1 Å². The SMILES string of the molecule is C=CCn1c(O)c(C2=NN(C)[C@@H](c3ccc(OC)c(OC)c3)C2)c(=O)[nH]c1=O. The first kappa shape index (κ1) is 19.3. The molecule has 0 spiro atoms. The molecule has 0 aliphatic carbocycles. The maximum atomic E-state index is 12.3. The number of aromatic nitrogens is 2. The Labute approximate surface area is 161 Å². The van der Waals surface area contributed by atoms with E-state index in [1.165, 1.54) is 6.08 Å². The predicted molar refractivity (Wildman–Crippen MR) is 104 cm³/mol. The van der Waals surface area contributed by atoms with Crippen molar-refractivity contribution in [3.05, 3.63) is 62.8 Å². The zero-order valence-electron chi connectivity index (χ0n) is 15.9. The lowest BCUT2D eigenvalue weighted by Gasteiger charge is -2.20. The maximum Gasteiger partial charge on any atom is 0.331 e. The number of allylic oxidation sites excluding steroid dienone is 1. The van der Waals surface area contributed by atoms with Gasteiger partial charge in [-0.05, 0) is 17.7 Å². The van der Waals surface area contributed by atoms with Crippen molar-refractivity contribution in [3.8, 4) is 17.4 Å². The molecule has 1 aliphatic rings. The zero-order valence-corrected chi connectivity index (χ0v) is 15.9. The summed E-state index contributed by atoms with van der Waals surface area (Å²) in [6.45, 7) is 3.62. The Bertz CT molecular complexity index is 1050. The summed E-state index contributed by atoms with van der Waals surface area (Å²) in [4.78, 5) is 26.5. The number of methoxy groups -OCH3 is 2. The maximum absolute atomic E-state index is 12.3. The van der Waals surface area contributed by atoms with Gasteiger partial charge in [-0.1, -0.05) is 12.1 Å². The summed E-state index contributed by atoms with van der Waals surface area (Å²) < 4.78 is 11.7. The molecule has 2 N–H and O–H groups in total. The van der Waals surface area contributed by atoms with Gasteiger partial charge in [0.05, 0.1) is 26.0 Å². The average molecular weight is 386 g/mol. The number of hydrazone groups is 1. The van der Waals surface area contributed by atoms with Crippen LogP contribution in [0.4, 0.5) is 0 Å². The third-order valence-corrected chi connectivity index (χ3v) is 4.68. The summed E-state index contributed by atoms with van der Waals surface area (Å²) >= 11 is 0. The third kappa shape index (κ3) is 3.26. The number of aromatic hydroxyl groups is 1. The fourth-order valence-corrected chi connectivity index (χ4v) is 3.28. The van der Waals surface area contributed by atoms with E-state index in [9.17, 15) is 14.7 Å². The Hall–Kier alpha value is -3.49. The molecule has 1 aliphatic heterocycles. The van der Waals surface area contributed by atoms with Crippen molar-refractivity contribution in [2.24, 2.45) is 5.10 Å². The van der Waals surface area contributed by atoms with Gasteiger partial charge in [-0.25, -0.2) is 4.79 Å². The molecule has 0 saturated carbocycles. The van der Waals surface area contributed by atoms with E-state index in [0.29, 0.717) is 23.6 Å². The topological polar surface area (TPSA) is 109 Å². The van der Waals surface area contributed by atoms with Crippen LogP contribution in [-0.4, -0.2) is 46.6 Å². The van der Waals surface area contributed by atoms with Crippen molar-refractivity contribution in [1.29, 1.82) is 0 Å². The van der Waals surface area contributed by atoms with Crippen LogP contribution in [0.5, 0.6) is 17.4 Å². The Kier molecular flexibility index (Phi) is 5.25. The molecule has 1 aromatic heterocycles. The Morgan fingerprint density at radius 3 is 2.68 bits per heavy atom. The summed E-state index contributed by atoms with van der Waals surface area (Å²) in [5, 5.41) is 16.6. The monoisotopic (exact) mass is 386 g/mol. The molecule has 0 fully saturated rings. The van der Waals surface area contributed by atoms with Crippen LogP contribution in [0.2, 0.25) is 0 Å². The molecule has 9 nitrogen and oxygen atoms in total. The van der Waals surface area contributed by atoms with E-state index in [-0.39, 0.29) is 18.2 Å². The second-order valence-corrected chi connectivity index (χ2v) is 6.31. The number of rotatable bonds is 6. The van der Waals surface area contributed by atoms with E-state index >= 15 is 0 Å². The number of ether oxygens (including phenoxy) is 2. The highest BCUT2D eigenvalue weighted by Crippen LogP contribution is 2.36. The zero-order chi connectivity index (χ0) is 20.4. The number of nitrogens with zero attached hydrogens (tertiary/aromatic N) is 3. The van der Waals surface area contributed by atoms with E-state index < -0.39 is 17.1 Å². The third-order valence-electron chi connectivity index (χ3n) is 4.68. The van der Waals surface area contributed by atoms with Gasteiger partial charge in [0.1, 0.15) is 5.56 Å². The fraction of sp³-hybridized carbons (Fsp3) is 0.316. The fourth-order valence-electron chi connectivity index (χ4n) is 3.28. The number of aromatic amines is 1. The van der Waals surface area contributed by atoms with Crippen LogP contribution in [-0.2, 0) is 6.54 Å². The first-order valence-corrected chi connectivity index (χ1v) is 8.60. The van der Waals surface area contributed by atoms with Crippen LogP contribution in [0, 0.1) is 0 Å². The Morgan fingerprint density at radius 1 is 1.32 bits per heavy atom. The van der Waals surface area contributed by atoms with E-state index in [1.54, 1.807) is 32.3 Å². The first-order chi connectivity index (χ1) is 13.4. The molecule has 148 valence electrons. The van der Waals surface area contributed by atoms with Crippen molar-refractivity contribution in [3.63, 3.8) is 0 Å². The van der Waals surface area contributed by atoms with Crippen molar-refractivity contribution < 1.29 is 14.6 Å². The van der Waals surface area contributed by atoms with Crippen LogP contribution in [0.3, 0.4) is 0 Å². The Morgan fingerprint density at radius 2 is 2.04 bits per heavy atom. The molecule has 2 aromatic rings. The molecule has 1 aromatic carbocycles. The van der Waals surface area contributed by atoms with Gasteiger partial charge < -0.3 is 14.6 Å². The largest absolute Gasteiger partial charge is 0.494 e. The van der Waals surface area contributed by atoms with Gasteiger partial charge in [-0.3, -0.25) is 19.4 Å². The van der Waals surface area contributed by atoms with Gasteiger partial charge in [-0.15, -0.1) is 6.58 Å². The van der Waals surface area contributed by atoms with E-state index in [0.717, 1.165) is 10.1 Å². The molecule has 0 saturated heterocycles. The second-order valence-electron chi connectivity index (χ2n) is 6.31. The molecular weight excluding hydrogens is 364 g/mol. The van der Waals surface area contributed by atoms with Crippen LogP contribution >= 0.6 is 0 Å². The molecule has 2 heterocycles. The standard InChI is InChI=1S/C19H22N4O5/c1-5-8-23-18(25)16(17(24)20-19(23)26)12-10-13(22(2)21-12)11-6-7-14(27-3)15(9-11)28-4/h5-7,9,13,25H,1,8,10H2,2-4H3,(H,20,24,26)/t13-/m1/s1. The number of H-pyrrole nitrogens is 1. The molecule has 3 rings (SSSR count). The summed E-state index contributed by atoms with van der Waals surface area (Å²) in [6, 6.07) is 5.37. The normalized spacial score (nSPS) is 16.0. The lowest BCUT2D eigenvalue weighted by molar-refractivity contribution is 0.288. The summed E-state index contributed by atoms with van der Waals surface area (Å²) in [5.74, 6) is 0.773. The van der Waals surface area contributed by atoms with Crippen LogP contribution in [0.25, 0.3) is 0 Å². The van der Waals surface area contributed by atoms with Gasteiger partial charge in [0.15, 0.2) is 11.5 Å². The predicted octanol–water partition coefficient (Wildman–Crippen LogP) is 1.23. The van der Waals surface area contributed by atoms with Gasteiger partial charge in [0.2, 0.25) is 5.88 Å². The molecule has 0 bridgehead atoms. The van der Waals surface area contributed by atoms with Crippen molar-refractivity contribution in [1.82, 2.24) is 14.6 Å². The van der Waals surface area contributed by atoms with Gasteiger partial charge >= 0.3 is 5.69 Å². The summed E-state index contributed by atoms with van der Waals surface area (Å²) in [7, 11) is 4.90. The van der Waals surface area contributed by atoms with Crippen LogP contribution in [0.1, 0.15) is 23.6 Å². The highest BCUT2D eigenvalue weighted by atomic mass is 16.5. The van der Waals surface area contributed by atoms with Gasteiger partial charge in [0.25, 0.3) is 5.56 Å². The molecule has 28 heavy (non-hydrogen) atoms. The van der Waals surface area contributed by atoms with Crippen molar-refractivity contribution in [2.45, 2.75) is 19.0 Å². The van der Waals surface area contributed by atoms with Gasteiger partial charge in [-0.2, -0.15) is 5.10 Å². The van der Waals surface area contributed by atoms with Crippen LogP contribution in [0.15, 0.2) is 45.5 Å². The minimum absolute atomic E-state index is 0.0173. The molecule has 0 unspecified atom stereocenters. The lowest BCUT2D eigenvalue weighted by atomic mass is 9.99. The number of benzene rings is 1. The minimum atomic E-state index is -0.699. The smallest absolute Gasteiger partial charge is 0.331 e. The summed E-state index contributed by atoms with van der Waals surface area (Å²) in [6.07, 6.45) is 1.83. The van der Waals surface area contributed by atoms with Gasteiger partial charge in [0, 0.05) is 20.0 Å². The number of hydrogen-bond acceptors (Lipinski definition) is 7. The molecule has 1 atom stereocenters. The minimum Gasteiger partial charge on any atom is -0.494 e. The van der Waals surface area contributed by atoms with E-state index in [2.05, 4.69) is 16.7 Å². The number of nitrogens with one attached hydrogen (secondary N) is 1. The highest BCUT2D eigenvalue weighted by Gasteiger charge is 2.31. The summed E-state index contributed by atoms with van der Waals surface area (Å²) in [5.41, 5.74) is -0.0955. The average Bonchev–Trinajstić information content (AvgIpc) is 3.05. The Balaban J connectivity index is 1.99. The van der Waals surface area contributed by atoms with Crippen molar-refractivity contribution in [2.75, 3.05) is 21.3 Å².